The molecule has 0 unspecified atom stereocenters. The number of anilines is 1. The highest BCUT2D eigenvalue weighted by molar-refractivity contribution is 7.03. The minimum atomic E-state index is -1.02. The van der Waals surface area contributed by atoms with Gasteiger partial charge in [-0.05, 0) is 56.1 Å². The van der Waals surface area contributed by atoms with E-state index in [4.69, 9.17) is 0 Å². The maximum Gasteiger partial charge on any atom is 0.280 e. The van der Waals surface area contributed by atoms with E-state index in [9.17, 15) is 14.0 Å². The molecule has 150 valence electrons. The van der Waals surface area contributed by atoms with Crippen LogP contribution in [-0.4, -0.2) is 26.9 Å². The summed E-state index contributed by atoms with van der Waals surface area (Å²) in [5.41, 5.74) is 0.405. The van der Waals surface area contributed by atoms with Gasteiger partial charge in [0, 0.05) is 16.6 Å². The second kappa shape index (κ2) is 8.48. The van der Waals surface area contributed by atoms with Gasteiger partial charge in [-0.2, -0.15) is 0 Å². The van der Waals surface area contributed by atoms with Crippen LogP contribution in [-0.2, 0) is 4.79 Å². The van der Waals surface area contributed by atoms with Crippen molar-refractivity contribution >= 4 is 29.0 Å². The summed E-state index contributed by atoms with van der Waals surface area (Å²) in [6.07, 6.45) is 0. The molecular formula is C21H21FN4O2S. The molecule has 6 nitrogen and oxygen atoms in total. The predicted molar refractivity (Wildman–Crippen MR) is 110 cm³/mol. The highest BCUT2D eigenvalue weighted by Gasteiger charge is 2.35. The highest BCUT2D eigenvalue weighted by atomic mass is 32.1. The number of rotatable bonds is 5. The third-order valence-corrected chi connectivity index (χ3v) is 4.51. The van der Waals surface area contributed by atoms with Crippen LogP contribution in [0.1, 0.15) is 42.9 Å². The molecule has 0 fully saturated rings. The number of nitrogens with zero attached hydrogens (tertiary/aromatic N) is 3. The van der Waals surface area contributed by atoms with Gasteiger partial charge in [0.2, 0.25) is 5.91 Å². The first kappa shape index (κ1) is 20.6. The first-order valence-electron chi connectivity index (χ1n) is 8.99. The van der Waals surface area contributed by atoms with Gasteiger partial charge in [0.05, 0.1) is 0 Å². The number of hydrogen-bond donors (Lipinski definition) is 1. The van der Waals surface area contributed by atoms with Crippen molar-refractivity contribution in [1.82, 2.24) is 14.9 Å². The van der Waals surface area contributed by atoms with Crippen LogP contribution in [0.2, 0.25) is 0 Å². The summed E-state index contributed by atoms with van der Waals surface area (Å²) in [4.78, 5) is 27.9. The molecule has 2 amide bonds. The fraction of sp³-hybridized carbons (Fsp3) is 0.238. The Kier molecular flexibility index (Phi) is 6.03. The van der Waals surface area contributed by atoms with Crippen molar-refractivity contribution in [1.29, 1.82) is 0 Å². The van der Waals surface area contributed by atoms with E-state index in [0.29, 0.717) is 5.56 Å². The van der Waals surface area contributed by atoms with Gasteiger partial charge in [0.15, 0.2) is 5.69 Å². The molecule has 0 saturated heterocycles. The topological polar surface area (TPSA) is 75.2 Å². The lowest BCUT2D eigenvalue weighted by molar-refractivity contribution is -0.123. The molecule has 0 aliphatic rings. The van der Waals surface area contributed by atoms with Gasteiger partial charge in [-0.25, -0.2) is 4.39 Å². The van der Waals surface area contributed by atoms with Crippen molar-refractivity contribution < 1.29 is 14.0 Å². The van der Waals surface area contributed by atoms with Crippen molar-refractivity contribution in [3.8, 4) is 0 Å². The number of carbonyl (C=O) groups is 2. The van der Waals surface area contributed by atoms with Crippen molar-refractivity contribution in [3.05, 3.63) is 77.1 Å². The third kappa shape index (κ3) is 5.03. The molecule has 1 heterocycles. The third-order valence-electron chi connectivity index (χ3n) is 4.00. The van der Waals surface area contributed by atoms with Crippen LogP contribution >= 0.6 is 11.5 Å². The number of hydrogen-bond acceptors (Lipinski definition) is 5. The number of halogens is 1. The lowest BCUT2D eigenvalue weighted by atomic mass is 10.0. The van der Waals surface area contributed by atoms with E-state index >= 15 is 0 Å². The van der Waals surface area contributed by atoms with Crippen LogP contribution < -0.4 is 10.2 Å². The summed E-state index contributed by atoms with van der Waals surface area (Å²) >= 11 is 1.03. The average molecular weight is 412 g/mol. The average Bonchev–Trinajstić information content (AvgIpc) is 3.19. The smallest absolute Gasteiger partial charge is 0.280 e. The molecule has 0 aliphatic heterocycles. The Morgan fingerprint density at radius 2 is 1.83 bits per heavy atom. The molecule has 3 rings (SSSR count). The Hall–Kier alpha value is -3.13. The quantitative estimate of drug-likeness (QED) is 0.688. The Morgan fingerprint density at radius 1 is 1.10 bits per heavy atom. The fourth-order valence-electron chi connectivity index (χ4n) is 2.88. The number of carbonyl (C=O) groups excluding carboxylic acids is 2. The lowest BCUT2D eigenvalue weighted by Crippen LogP contribution is -2.49. The second-order valence-corrected chi connectivity index (χ2v) is 8.11. The van der Waals surface area contributed by atoms with Gasteiger partial charge in [-0.3, -0.25) is 14.5 Å². The summed E-state index contributed by atoms with van der Waals surface area (Å²) in [7, 11) is 0. The molecule has 0 saturated carbocycles. The standard InChI is InChI=1S/C21H21FN4O2S/c1-21(2,3)23-19(27)18(14-8-5-4-6-9-14)26(16-11-7-10-15(22)12-16)20(28)17-13-29-25-24-17/h4-13,18H,1-3H3,(H,23,27)/t18-/m0/s1. The van der Waals surface area contributed by atoms with E-state index in [-0.39, 0.29) is 17.3 Å². The molecule has 0 spiro atoms. The maximum atomic E-state index is 14.0. The van der Waals surface area contributed by atoms with Gasteiger partial charge < -0.3 is 5.32 Å². The van der Waals surface area contributed by atoms with Crippen LogP contribution in [0.4, 0.5) is 10.1 Å². The van der Waals surface area contributed by atoms with E-state index in [1.54, 1.807) is 30.3 Å². The summed E-state index contributed by atoms with van der Waals surface area (Å²) < 4.78 is 17.7. The van der Waals surface area contributed by atoms with Crippen LogP contribution in [0.5, 0.6) is 0 Å². The normalized spacial score (nSPS) is 12.3. The van der Waals surface area contributed by atoms with Crippen molar-refractivity contribution in [2.45, 2.75) is 32.4 Å². The molecule has 0 bridgehead atoms. The van der Waals surface area contributed by atoms with Crippen molar-refractivity contribution in [2.24, 2.45) is 0 Å². The van der Waals surface area contributed by atoms with Crippen molar-refractivity contribution in [2.75, 3.05) is 4.90 Å². The number of nitrogens with one attached hydrogen (secondary N) is 1. The van der Waals surface area contributed by atoms with Crippen LogP contribution in [0, 0.1) is 5.82 Å². The molecule has 1 atom stereocenters. The van der Waals surface area contributed by atoms with Crippen LogP contribution in [0.15, 0.2) is 60.0 Å². The lowest BCUT2D eigenvalue weighted by Gasteiger charge is -2.33. The summed E-state index contributed by atoms with van der Waals surface area (Å²) in [5, 5.41) is 8.27. The zero-order valence-electron chi connectivity index (χ0n) is 16.3. The van der Waals surface area contributed by atoms with Gasteiger partial charge in [-0.1, -0.05) is 40.9 Å². The fourth-order valence-corrected chi connectivity index (χ4v) is 3.31. The minimum Gasteiger partial charge on any atom is -0.349 e. The number of benzene rings is 2. The molecule has 29 heavy (non-hydrogen) atoms. The SMILES string of the molecule is CC(C)(C)NC(=O)[C@H](c1ccccc1)N(C(=O)c1csnn1)c1cccc(F)c1. The van der Waals surface area contributed by atoms with Gasteiger partial charge >= 0.3 is 0 Å². The molecule has 3 aromatic rings. The number of aromatic nitrogens is 2. The summed E-state index contributed by atoms with van der Waals surface area (Å²) in [6.45, 7) is 5.56. The van der Waals surface area contributed by atoms with Gasteiger partial charge in [0.25, 0.3) is 5.91 Å². The molecule has 1 N–H and O–H groups in total. The molecule has 2 aromatic carbocycles. The van der Waals surface area contributed by atoms with Crippen molar-refractivity contribution in [3.63, 3.8) is 0 Å². The van der Waals surface area contributed by atoms with E-state index in [2.05, 4.69) is 14.9 Å². The van der Waals surface area contributed by atoms with E-state index < -0.39 is 23.3 Å². The number of amides is 2. The molecule has 8 heteroatoms. The minimum absolute atomic E-state index is 0.0868. The Bertz CT molecular complexity index is 987. The Balaban J connectivity index is 2.16. The molecule has 0 radical (unpaired) electrons. The Morgan fingerprint density at radius 3 is 2.41 bits per heavy atom. The second-order valence-electron chi connectivity index (χ2n) is 7.50. The van der Waals surface area contributed by atoms with Gasteiger partial charge in [-0.15, -0.1) is 5.10 Å². The zero-order valence-corrected chi connectivity index (χ0v) is 17.1. The molecule has 0 aliphatic carbocycles. The predicted octanol–water partition coefficient (Wildman–Crippen LogP) is 3.98. The monoisotopic (exact) mass is 412 g/mol. The maximum absolute atomic E-state index is 14.0. The molecule has 1 aromatic heterocycles. The highest BCUT2D eigenvalue weighted by Crippen LogP contribution is 2.30. The van der Waals surface area contributed by atoms with E-state index in [0.717, 1.165) is 11.5 Å². The summed E-state index contributed by atoms with van der Waals surface area (Å²) in [5.74, 6) is -1.44. The van der Waals surface area contributed by atoms with Crippen LogP contribution in [0.25, 0.3) is 0 Å². The summed E-state index contributed by atoms with van der Waals surface area (Å²) in [6, 6.07) is 13.5. The first-order valence-corrected chi connectivity index (χ1v) is 9.83. The van der Waals surface area contributed by atoms with E-state index in [1.165, 1.54) is 28.5 Å². The first-order chi connectivity index (χ1) is 13.8. The largest absolute Gasteiger partial charge is 0.349 e. The van der Waals surface area contributed by atoms with Gasteiger partial charge in [0.1, 0.15) is 11.9 Å². The van der Waals surface area contributed by atoms with E-state index in [1.807, 2.05) is 26.8 Å². The Labute approximate surface area is 172 Å². The van der Waals surface area contributed by atoms with Crippen LogP contribution in [0.3, 0.4) is 0 Å². The molecular weight excluding hydrogens is 391 g/mol. The zero-order chi connectivity index (χ0) is 21.0.